The van der Waals surface area contributed by atoms with Crippen LogP contribution in [-0.4, -0.2) is 59.7 Å². The monoisotopic (exact) mass is 467 g/mol. The fourth-order valence-corrected chi connectivity index (χ4v) is 3.46. The van der Waals surface area contributed by atoms with Crippen LogP contribution in [0.1, 0.15) is 34.1 Å². The smallest absolute Gasteiger partial charge is 0.256 e. The Bertz CT molecular complexity index is 1200. The van der Waals surface area contributed by atoms with Gasteiger partial charge in [-0.1, -0.05) is 6.58 Å². The molecule has 1 aliphatic rings. The first-order chi connectivity index (χ1) is 16.1. The average Bonchev–Trinajstić information content (AvgIpc) is 3.34. The minimum Gasteiger partial charge on any atom is -0.361 e. The summed E-state index contributed by atoms with van der Waals surface area (Å²) in [5.41, 5.74) is 2.81. The summed E-state index contributed by atoms with van der Waals surface area (Å²) in [6, 6.07) is 3.37. The number of carbonyl (C=O) groups is 4. The maximum Gasteiger partial charge on any atom is 0.256 e. The number of likely N-dealkylation sites (N-methyl/N-ethyl adjacent to an activating group) is 1. The summed E-state index contributed by atoms with van der Waals surface area (Å²) in [5.74, 6) is -1.89. The molecule has 2 aromatic rings. The van der Waals surface area contributed by atoms with E-state index in [1.165, 1.54) is 36.3 Å². The van der Waals surface area contributed by atoms with Gasteiger partial charge in [0.15, 0.2) is 0 Å². The summed E-state index contributed by atoms with van der Waals surface area (Å²) in [7, 11) is 1.50. The van der Waals surface area contributed by atoms with Crippen LogP contribution in [0, 0.1) is 12.7 Å². The number of aromatic amines is 1. The number of H-pyrrole nitrogens is 1. The molecule has 0 fully saturated rings. The van der Waals surface area contributed by atoms with Gasteiger partial charge in [0.2, 0.25) is 11.8 Å². The van der Waals surface area contributed by atoms with Gasteiger partial charge in [0.1, 0.15) is 11.9 Å². The lowest BCUT2D eigenvalue weighted by molar-refractivity contribution is -0.135. The summed E-state index contributed by atoms with van der Waals surface area (Å²) in [5, 5.41) is 8.06. The van der Waals surface area contributed by atoms with E-state index in [0.29, 0.717) is 33.6 Å². The third-order valence-corrected chi connectivity index (χ3v) is 5.67. The predicted molar refractivity (Wildman–Crippen MR) is 126 cm³/mol. The zero-order valence-corrected chi connectivity index (χ0v) is 19.1. The molecular weight excluding hydrogens is 441 g/mol. The predicted octanol–water partition coefficient (Wildman–Crippen LogP) is 1.83. The molecule has 4 amide bonds. The normalized spacial score (nSPS) is 14.2. The number of nitrogens with one attached hydrogen (secondary N) is 4. The van der Waals surface area contributed by atoms with Crippen molar-refractivity contribution >= 4 is 41.0 Å². The molecule has 2 heterocycles. The minimum absolute atomic E-state index is 0.173. The van der Waals surface area contributed by atoms with Crippen LogP contribution in [0.5, 0.6) is 0 Å². The van der Waals surface area contributed by atoms with E-state index in [-0.39, 0.29) is 36.7 Å². The summed E-state index contributed by atoms with van der Waals surface area (Å²) in [6.45, 7) is 7.06. The van der Waals surface area contributed by atoms with Crippen LogP contribution in [-0.2, 0) is 14.4 Å². The zero-order valence-electron chi connectivity index (χ0n) is 19.1. The molecule has 0 bridgehead atoms. The van der Waals surface area contributed by atoms with Crippen LogP contribution in [0.4, 0.5) is 10.1 Å². The Morgan fingerprint density at radius 3 is 2.65 bits per heavy atom. The average molecular weight is 468 g/mol. The molecule has 10 heteroatoms. The number of rotatable bonds is 8. The van der Waals surface area contributed by atoms with Gasteiger partial charge >= 0.3 is 0 Å². The lowest BCUT2D eigenvalue weighted by Crippen LogP contribution is -2.47. The Morgan fingerprint density at radius 1 is 1.24 bits per heavy atom. The molecule has 0 saturated heterocycles. The number of aromatic nitrogens is 1. The molecule has 178 valence electrons. The second-order valence-electron chi connectivity index (χ2n) is 7.82. The van der Waals surface area contributed by atoms with Gasteiger partial charge in [-0.2, -0.15) is 0 Å². The van der Waals surface area contributed by atoms with E-state index in [2.05, 4.69) is 27.5 Å². The molecule has 0 spiro atoms. The second kappa shape index (κ2) is 10.2. The van der Waals surface area contributed by atoms with Gasteiger partial charge in [-0.3, -0.25) is 19.2 Å². The van der Waals surface area contributed by atoms with Crippen LogP contribution in [0.25, 0.3) is 11.6 Å². The van der Waals surface area contributed by atoms with Gasteiger partial charge in [0.25, 0.3) is 11.8 Å². The summed E-state index contributed by atoms with van der Waals surface area (Å²) in [4.78, 5) is 52.9. The highest BCUT2D eigenvalue weighted by atomic mass is 19.1. The van der Waals surface area contributed by atoms with Crippen molar-refractivity contribution in [2.45, 2.75) is 19.9 Å². The maximum atomic E-state index is 13.6. The van der Waals surface area contributed by atoms with E-state index in [9.17, 15) is 23.6 Å². The van der Waals surface area contributed by atoms with Crippen molar-refractivity contribution in [1.82, 2.24) is 20.5 Å². The Hall–Kier alpha value is -4.21. The molecule has 1 aromatic carbocycles. The van der Waals surface area contributed by atoms with Gasteiger partial charge in [-0.25, -0.2) is 4.39 Å². The van der Waals surface area contributed by atoms with Crippen molar-refractivity contribution in [2.24, 2.45) is 0 Å². The Balaban J connectivity index is 1.60. The van der Waals surface area contributed by atoms with Crippen molar-refractivity contribution in [1.29, 1.82) is 0 Å². The number of anilines is 1. The number of benzene rings is 1. The highest BCUT2D eigenvalue weighted by Crippen LogP contribution is 2.34. The van der Waals surface area contributed by atoms with Gasteiger partial charge in [0.05, 0.1) is 11.1 Å². The molecule has 9 nitrogen and oxygen atoms in total. The van der Waals surface area contributed by atoms with E-state index in [1.807, 2.05) is 0 Å². The lowest BCUT2D eigenvalue weighted by Gasteiger charge is -2.22. The molecule has 1 aliphatic heterocycles. The van der Waals surface area contributed by atoms with E-state index < -0.39 is 11.9 Å². The SMILES string of the molecule is C=CC(=O)N(C)[C@@H](C)C(=O)NCCNC(=O)c1c[nH]c(C=C2C(=O)Nc3ccc(F)cc32)c1C. The number of amides is 4. The number of hydrogen-bond donors (Lipinski definition) is 4. The molecule has 1 atom stereocenters. The first kappa shape index (κ1) is 24.4. The highest BCUT2D eigenvalue weighted by Gasteiger charge is 2.25. The van der Waals surface area contributed by atoms with Crippen LogP contribution in [0.2, 0.25) is 0 Å². The van der Waals surface area contributed by atoms with E-state index in [1.54, 1.807) is 19.9 Å². The molecule has 0 saturated carbocycles. The number of halogens is 1. The number of fused-ring (bicyclic) bond motifs is 1. The second-order valence-corrected chi connectivity index (χ2v) is 7.82. The topological polar surface area (TPSA) is 123 Å². The number of carbonyl (C=O) groups excluding carboxylic acids is 4. The molecule has 0 aliphatic carbocycles. The van der Waals surface area contributed by atoms with Gasteiger partial charge in [-0.15, -0.1) is 0 Å². The number of nitrogens with zero attached hydrogens (tertiary/aromatic N) is 1. The van der Waals surface area contributed by atoms with Gasteiger partial charge < -0.3 is 25.8 Å². The van der Waals surface area contributed by atoms with E-state index in [4.69, 9.17) is 0 Å². The minimum atomic E-state index is -0.685. The summed E-state index contributed by atoms with van der Waals surface area (Å²) < 4.78 is 13.6. The lowest BCUT2D eigenvalue weighted by atomic mass is 10.0. The number of hydrogen-bond acceptors (Lipinski definition) is 4. The van der Waals surface area contributed by atoms with Crippen LogP contribution < -0.4 is 16.0 Å². The van der Waals surface area contributed by atoms with Crippen molar-refractivity contribution < 1.29 is 23.6 Å². The Labute approximate surface area is 196 Å². The first-order valence-electron chi connectivity index (χ1n) is 10.6. The van der Waals surface area contributed by atoms with E-state index in [0.717, 1.165) is 6.08 Å². The molecule has 0 radical (unpaired) electrons. The third-order valence-electron chi connectivity index (χ3n) is 5.67. The molecule has 1 aromatic heterocycles. The van der Waals surface area contributed by atoms with Crippen molar-refractivity contribution in [3.8, 4) is 0 Å². The highest BCUT2D eigenvalue weighted by molar-refractivity contribution is 6.34. The summed E-state index contributed by atoms with van der Waals surface area (Å²) >= 11 is 0. The third kappa shape index (κ3) is 5.06. The quantitative estimate of drug-likeness (QED) is 0.349. The zero-order chi connectivity index (χ0) is 25.0. The summed E-state index contributed by atoms with van der Waals surface area (Å²) in [6.07, 6.45) is 4.23. The maximum absolute atomic E-state index is 13.6. The standard InChI is InChI=1S/C24H26FN5O4/c1-5-21(31)30(4)14(3)22(32)26-8-9-27-23(33)18-12-28-20(13(18)2)11-17-16-10-15(25)6-7-19(16)29-24(17)34/h5-7,10-12,14,28H,1,8-9H2,2-4H3,(H,26,32)(H,27,33)(H,29,34)/t14-/m0/s1. The largest absolute Gasteiger partial charge is 0.361 e. The van der Waals surface area contributed by atoms with Crippen LogP contribution in [0.15, 0.2) is 37.1 Å². The van der Waals surface area contributed by atoms with Crippen molar-refractivity contribution in [3.05, 3.63) is 65.3 Å². The molecule has 34 heavy (non-hydrogen) atoms. The van der Waals surface area contributed by atoms with Crippen molar-refractivity contribution in [3.63, 3.8) is 0 Å². The molecule has 3 rings (SSSR count). The van der Waals surface area contributed by atoms with Gasteiger partial charge in [-0.05, 0) is 49.8 Å². The fraction of sp³-hybridized carbons (Fsp3) is 0.250. The van der Waals surface area contributed by atoms with Crippen LogP contribution in [0.3, 0.4) is 0 Å². The van der Waals surface area contributed by atoms with Crippen molar-refractivity contribution in [2.75, 3.05) is 25.5 Å². The molecular formula is C24H26FN5O4. The molecule has 4 N–H and O–H groups in total. The first-order valence-corrected chi connectivity index (χ1v) is 10.6. The van der Waals surface area contributed by atoms with Gasteiger partial charge in [0, 0.05) is 43.3 Å². The molecule has 0 unspecified atom stereocenters. The Kier molecular flexibility index (Phi) is 7.30. The van der Waals surface area contributed by atoms with Crippen LogP contribution >= 0.6 is 0 Å². The van der Waals surface area contributed by atoms with E-state index >= 15 is 0 Å². The Morgan fingerprint density at radius 2 is 1.94 bits per heavy atom. The fourth-order valence-electron chi connectivity index (χ4n) is 3.46.